The minimum absolute atomic E-state index is 0. The molecular formula is C18H33IN6. The van der Waals surface area contributed by atoms with Crippen molar-refractivity contribution in [3.05, 3.63) is 29.6 Å². The molecule has 0 aliphatic heterocycles. The van der Waals surface area contributed by atoms with E-state index in [4.69, 9.17) is 0 Å². The van der Waals surface area contributed by atoms with Crippen molar-refractivity contribution in [2.24, 2.45) is 12.0 Å². The highest BCUT2D eigenvalue weighted by Crippen LogP contribution is 2.19. The topological polar surface area (TPSA) is 57.5 Å². The number of halogens is 1. The average molecular weight is 460 g/mol. The number of likely N-dealkylation sites (N-methyl/N-ethyl adjacent to an activating group) is 1. The average Bonchev–Trinajstić information content (AvgIpc) is 3.00. The summed E-state index contributed by atoms with van der Waals surface area (Å²) in [4.78, 5) is 6.54. The molecule has 0 spiro atoms. The Morgan fingerprint density at radius 1 is 1.36 bits per heavy atom. The second-order valence-electron chi connectivity index (χ2n) is 6.66. The number of hydrogen-bond donors (Lipinski definition) is 2. The van der Waals surface area contributed by atoms with Crippen LogP contribution in [0.5, 0.6) is 0 Å². The smallest absolute Gasteiger partial charge is 0.191 e. The molecule has 25 heavy (non-hydrogen) atoms. The number of aryl methyl sites for hydroxylation is 1. The van der Waals surface area contributed by atoms with Crippen LogP contribution in [0, 0.1) is 0 Å². The Kier molecular flexibility index (Phi) is 10.1. The summed E-state index contributed by atoms with van der Waals surface area (Å²) in [5.41, 5.74) is 2.79. The van der Waals surface area contributed by atoms with Gasteiger partial charge in [0, 0.05) is 38.9 Å². The van der Waals surface area contributed by atoms with Crippen LogP contribution in [0.4, 0.5) is 0 Å². The minimum Gasteiger partial charge on any atom is -0.356 e. The lowest BCUT2D eigenvalue weighted by Gasteiger charge is -2.24. The predicted molar refractivity (Wildman–Crippen MR) is 116 cm³/mol. The highest BCUT2D eigenvalue weighted by Gasteiger charge is 2.16. The van der Waals surface area contributed by atoms with E-state index in [9.17, 15) is 0 Å². The molecule has 6 nitrogen and oxygen atoms in total. The lowest BCUT2D eigenvalue weighted by molar-refractivity contribution is 0.298. The van der Waals surface area contributed by atoms with Crippen molar-refractivity contribution in [2.75, 3.05) is 34.2 Å². The zero-order chi connectivity index (χ0) is 17.4. The van der Waals surface area contributed by atoms with Crippen LogP contribution in [-0.4, -0.2) is 54.9 Å². The number of nitrogens with zero attached hydrogens (tertiary/aromatic N) is 4. The molecule has 1 aromatic rings. The van der Waals surface area contributed by atoms with E-state index in [2.05, 4.69) is 52.0 Å². The van der Waals surface area contributed by atoms with Gasteiger partial charge < -0.3 is 15.5 Å². The van der Waals surface area contributed by atoms with Crippen molar-refractivity contribution in [1.82, 2.24) is 25.3 Å². The van der Waals surface area contributed by atoms with E-state index in [1.54, 1.807) is 5.57 Å². The summed E-state index contributed by atoms with van der Waals surface area (Å²) < 4.78 is 1.84. The molecule has 0 bridgehead atoms. The summed E-state index contributed by atoms with van der Waals surface area (Å²) in [5, 5.41) is 11.1. The molecular weight excluding hydrogens is 427 g/mol. The number of hydrogen-bond acceptors (Lipinski definition) is 3. The van der Waals surface area contributed by atoms with Gasteiger partial charge in [-0.3, -0.25) is 9.67 Å². The second kappa shape index (κ2) is 11.5. The lowest BCUT2D eigenvalue weighted by atomic mass is 9.97. The fourth-order valence-corrected chi connectivity index (χ4v) is 3.10. The maximum Gasteiger partial charge on any atom is 0.191 e. The fraction of sp³-hybridized carbons (Fsp3) is 0.667. The molecule has 0 radical (unpaired) electrons. The normalized spacial score (nSPS) is 16.2. The van der Waals surface area contributed by atoms with Crippen LogP contribution in [0.2, 0.25) is 0 Å². The standard InChI is InChI=1S/C18H32N6.HI/c1-19-18(20-11-10-15-8-6-5-7-9-15)21-13-17(23(2)3)16-12-22-24(4)14-16;/h8,12,14,17H,5-7,9-11,13H2,1-4H3,(H2,19,20,21);1H. The van der Waals surface area contributed by atoms with Gasteiger partial charge >= 0.3 is 0 Å². The highest BCUT2D eigenvalue weighted by molar-refractivity contribution is 14.0. The van der Waals surface area contributed by atoms with Gasteiger partial charge in [0.25, 0.3) is 0 Å². The molecule has 7 heteroatoms. The third-order valence-electron chi connectivity index (χ3n) is 4.54. The van der Waals surface area contributed by atoms with Gasteiger partial charge in [0.15, 0.2) is 5.96 Å². The van der Waals surface area contributed by atoms with Gasteiger partial charge in [0.2, 0.25) is 0 Å². The molecule has 0 fully saturated rings. The first-order valence-corrected chi connectivity index (χ1v) is 8.87. The molecule has 2 rings (SSSR count). The van der Waals surface area contributed by atoms with Crippen molar-refractivity contribution >= 4 is 29.9 Å². The first kappa shape index (κ1) is 22.0. The number of aromatic nitrogens is 2. The molecule has 1 aliphatic carbocycles. The maximum absolute atomic E-state index is 4.34. The number of allylic oxidation sites excluding steroid dienone is 1. The Morgan fingerprint density at radius 2 is 2.16 bits per heavy atom. The third-order valence-corrected chi connectivity index (χ3v) is 4.54. The quantitative estimate of drug-likeness (QED) is 0.285. The van der Waals surface area contributed by atoms with Gasteiger partial charge in [-0.2, -0.15) is 5.10 Å². The molecule has 0 amide bonds. The van der Waals surface area contributed by atoms with Crippen molar-refractivity contribution in [1.29, 1.82) is 0 Å². The lowest BCUT2D eigenvalue weighted by Crippen LogP contribution is -2.42. The Hall–Kier alpha value is -1.09. The van der Waals surface area contributed by atoms with Gasteiger partial charge in [0.1, 0.15) is 0 Å². The molecule has 2 N–H and O–H groups in total. The van der Waals surface area contributed by atoms with Crippen LogP contribution in [0.3, 0.4) is 0 Å². The molecule has 0 saturated carbocycles. The molecule has 1 heterocycles. The van der Waals surface area contributed by atoms with E-state index in [0.717, 1.165) is 25.5 Å². The van der Waals surface area contributed by atoms with Gasteiger partial charge in [-0.1, -0.05) is 11.6 Å². The van der Waals surface area contributed by atoms with Crippen molar-refractivity contribution < 1.29 is 0 Å². The largest absolute Gasteiger partial charge is 0.356 e. The van der Waals surface area contributed by atoms with Crippen LogP contribution in [-0.2, 0) is 7.05 Å². The predicted octanol–water partition coefficient (Wildman–Crippen LogP) is 2.70. The summed E-state index contributed by atoms with van der Waals surface area (Å²) >= 11 is 0. The SMILES string of the molecule is CN=C(NCCC1=CCCCC1)NCC(c1cnn(C)c1)N(C)C.I. The highest BCUT2D eigenvalue weighted by atomic mass is 127. The summed E-state index contributed by atoms with van der Waals surface area (Å²) in [5.74, 6) is 0.863. The molecule has 0 aromatic carbocycles. The van der Waals surface area contributed by atoms with Gasteiger partial charge in [-0.05, 0) is 46.2 Å². The fourth-order valence-electron chi connectivity index (χ4n) is 3.10. The zero-order valence-corrected chi connectivity index (χ0v) is 18.3. The van der Waals surface area contributed by atoms with Gasteiger partial charge in [-0.15, -0.1) is 24.0 Å². The van der Waals surface area contributed by atoms with Crippen LogP contribution in [0.1, 0.15) is 43.7 Å². The van der Waals surface area contributed by atoms with Gasteiger partial charge in [-0.25, -0.2) is 0 Å². The Bertz CT molecular complexity index is 564. The second-order valence-corrected chi connectivity index (χ2v) is 6.66. The number of aliphatic imine (C=N–C) groups is 1. The maximum atomic E-state index is 4.34. The molecule has 142 valence electrons. The minimum atomic E-state index is 0. The monoisotopic (exact) mass is 460 g/mol. The molecule has 0 saturated heterocycles. The molecule has 1 aliphatic rings. The Balaban J connectivity index is 0.00000312. The molecule has 1 aromatic heterocycles. The van der Waals surface area contributed by atoms with Crippen molar-refractivity contribution in [3.8, 4) is 0 Å². The van der Waals surface area contributed by atoms with Crippen molar-refractivity contribution in [3.63, 3.8) is 0 Å². The van der Waals surface area contributed by atoms with Gasteiger partial charge in [0.05, 0.1) is 12.2 Å². The van der Waals surface area contributed by atoms with Crippen LogP contribution in [0.15, 0.2) is 29.0 Å². The van der Waals surface area contributed by atoms with E-state index in [0.29, 0.717) is 0 Å². The Labute approximate surface area is 169 Å². The summed E-state index contributed by atoms with van der Waals surface area (Å²) in [6.45, 7) is 1.73. The first-order valence-electron chi connectivity index (χ1n) is 8.87. The van der Waals surface area contributed by atoms with Crippen LogP contribution in [0.25, 0.3) is 0 Å². The summed E-state index contributed by atoms with van der Waals surface area (Å²) in [7, 11) is 7.95. The summed E-state index contributed by atoms with van der Waals surface area (Å²) in [6.07, 6.45) is 12.7. The van der Waals surface area contributed by atoms with Crippen LogP contribution >= 0.6 is 24.0 Å². The van der Waals surface area contributed by atoms with Crippen LogP contribution < -0.4 is 10.6 Å². The molecule has 1 atom stereocenters. The summed E-state index contributed by atoms with van der Waals surface area (Å²) in [6, 6.07) is 0.262. The Morgan fingerprint density at radius 3 is 2.72 bits per heavy atom. The van der Waals surface area contributed by atoms with E-state index < -0.39 is 0 Å². The molecule has 1 unspecified atom stereocenters. The van der Waals surface area contributed by atoms with Crippen molar-refractivity contribution in [2.45, 2.75) is 38.1 Å². The number of guanidine groups is 1. The first-order chi connectivity index (χ1) is 11.6. The number of nitrogens with one attached hydrogen (secondary N) is 2. The van der Waals surface area contributed by atoms with E-state index in [-0.39, 0.29) is 30.0 Å². The van der Waals surface area contributed by atoms with E-state index in [1.807, 2.05) is 25.0 Å². The number of rotatable bonds is 7. The van der Waals surface area contributed by atoms with E-state index >= 15 is 0 Å². The zero-order valence-electron chi connectivity index (χ0n) is 16.0. The third kappa shape index (κ3) is 7.35. The van der Waals surface area contributed by atoms with E-state index in [1.165, 1.54) is 31.2 Å².